The van der Waals surface area contributed by atoms with E-state index in [2.05, 4.69) is 5.32 Å². The van der Waals surface area contributed by atoms with Crippen molar-refractivity contribution in [3.63, 3.8) is 0 Å². The van der Waals surface area contributed by atoms with Crippen LogP contribution >= 0.6 is 0 Å². The van der Waals surface area contributed by atoms with Crippen molar-refractivity contribution in [3.05, 3.63) is 54.1 Å². The predicted molar refractivity (Wildman–Crippen MR) is 104 cm³/mol. The zero-order chi connectivity index (χ0) is 20.3. The van der Waals surface area contributed by atoms with Crippen molar-refractivity contribution in [2.75, 3.05) is 29.0 Å². The number of nitrogens with zero attached hydrogens (tertiary/aromatic N) is 1. The first kappa shape index (κ1) is 19.7. The third-order valence-electron chi connectivity index (χ3n) is 4.32. The molecule has 0 fully saturated rings. The molecule has 8 nitrogen and oxygen atoms in total. The number of carbonyl (C=O) groups excluding carboxylic acids is 2. The number of amides is 1. The van der Waals surface area contributed by atoms with Crippen LogP contribution in [0.2, 0.25) is 0 Å². The fourth-order valence-corrected chi connectivity index (χ4v) is 3.98. The van der Waals surface area contributed by atoms with Gasteiger partial charge in [0.15, 0.2) is 6.10 Å². The van der Waals surface area contributed by atoms with Gasteiger partial charge >= 0.3 is 5.97 Å². The molecule has 1 N–H and O–H groups in total. The molecular weight excluding hydrogens is 384 g/mol. The molecule has 28 heavy (non-hydrogen) atoms. The fraction of sp³-hybridized carbons (Fsp3) is 0.263. The van der Waals surface area contributed by atoms with Gasteiger partial charge in [-0.15, -0.1) is 0 Å². The average molecular weight is 404 g/mol. The molecule has 0 aliphatic carbocycles. The highest BCUT2D eigenvalue weighted by Crippen LogP contribution is 2.35. The van der Waals surface area contributed by atoms with Gasteiger partial charge in [-0.2, -0.15) is 0 Å². The molecule has 0 saturated heterocycles. The molecule has 1 aliphatic rings. The number of hydrogen-bond acceptors (Lipinski definition) is 6. The first-order valence-electron chi connectivity index (χ1n) is 8.61. The van der Waals surface area contributed by atoms with Gasteiger partial charge in [0.25, 0.3) is 5.91 Å². The molecular formula is C19H20N2O6S. The topological polar surface area (TPSA) is 102 Å². The van der Waals surface area contributed by atoms with Gasteiger partial charge in [-0.3, -0.25) is 9.10 Å². The number of hydrogen-bond donors (Lipinski definition) is 1. The van der Waals surface area contributed by atoms with Gasteiger partial charge in [-0.25, -0.2) is 13.2 Å². The van der Waals surface area contributed by atoms with E-state index in [9.17, 15) is 18.0 Å². The number of para-hydroxylation sites is 3. The summed E-state index contributed by atoms with van der Waals surface area (Å²) < 4.78 is 36.6. The first-order chi connectivity index (χ1) is 13.4. The second kappa shape index (κ2) is 7.89. The van der Waals surface area contributed by atoms with E-state index in [-0.39, 0.29) is 23.5 Å². The Hall–Kier alpha value is -3.07. The second-order valence-electron chi connectivity index (χ2n) is 6.03. The molecule has 2 aromatic carbocycles. The van der Waals surface area contributed by atoms with Crippen LogP contribution in [0.15, 0.2) is 48.5 Å². The summed E-state index contributed by atoms with van der Waals surface area (Å²) in [6, 6.07) is 13.0. The number of methoxy groups -OCH3 is 1. The molecule has 1 heterocycles. The van der Waals surface area contributed by atoms with Crippen molar-refractivity contribution in [3.8, 4) is 5.75 Å². The van der Waals surface area contributed by atoms with Crippen LogP contribution < -0.4 is 14.4 Å². The van der Waals surface area contributed by atoms with Crippen LogP contribution in [0, 0.1) is 0 Å². The zero-order valence-electron chi connectivity index (χ0n) is 15.4. The van der Waals surface area contributed by atoms with Crippen molar-refractivity contribution in [1.82, 2.24) is 0 Å². The average Bonchev–Trinajstić information content (AvgIpc) is 2.72. The largest absolute Gasteiger partial charge is 0.476 e. The van der Waals surface area contributed by atoms with Crippen molar-refractivity contribution in [2.45, 2.75) is 13.0 Å². The molecule has 148 valence electrons. The van der Waals surface area contributed by atoms with E-state index in [1.54, 1.807) is 42.5 Å². The summed E-state index contributed by atoms with van der Waals surface area (Å²) in [6.07, 6.45) is -1.08. The number of esters is 1. The highest BCUT2D eigenvalue weighted by atomic mass is 32.2. The molecule has 0 aromatic heterocycles. The molecule has 1 aliphatic heterocycles. The molecule has 0 saturated carbocycles. The molecule has 9 heteroatoms. The fourth-order valence-electron chi connectivity index (χ4n) is 2.85. The van der Waals surface area contributed by atoms with Gasteiger partial charge in [0.1, 0.15) is 5.75 Å². The molecule has 0 unspecified atom stereocenters. The summed E-state index contributed by atoms with van der Waals surface area (Å²) in [4.78, 5) is 24.7. The van der Waals surface area contributed by atoms with Crippen molar-refractivity contribution < 1.29 is 27.5 Å². The van der Waals surface area contributed by atoms with Crippen LogP contribution in [0.1, 0.15) is 17.3 Å². The van der Waals surface area contributed by atoms with E-state index in [1.165, 1.54) is 24.4 Å². The monoisotopic (exact) mass is 404 g/mol. The van der Waals surface area contributed by atoms with Gasteiger partial charge in [0.2, 0.25) is 10.0 Å². The highest BCUT2D eigenvalue weighted by molar-refractivity contribution is 7.92. The maximum absolute atomic E-state index is 12.8. The number of ether oxygens (including phenoxy) is 2. The number of anilines is 2. The van der Waals surface area contributed by atoms with E-state index in [1.807, 2.05) is 0 Å². The van der Waals surface area contributed by atoms with Crippen LogP contribution in [-0.2, 0) is 19.6 Å². The third-order valence-corrected chi connectivity index (χ3v) is 6.07. The van der Waals surface area contributed by atoms with E-state index in [4.69, 9.17) is 9.47 Å². The smallest absolute Gasteiger partial charge is 0.339 e. The quantitative estimate of drug-likeness (QED) is 0.765. The van der Waals surface area contributed by atoms with Gasteiger partial charge in [0, 0.05) is 0 Å². The third kappa shape index (κ3) is 3.79. The Labute approximate surface area is 163 Å². The Balaban J connectivity index is 1.89. The summed E-state index contributed by atoms with van der Waals surface area (Å²) in [6.45, 7) is 1.37. The molecule has 0 radical (unpaired) electrons. The minimum atomic E-state index is -3.60. The van der Waals surface area contributed by atoms with Gasteiger partial charge in [-0.05, 0) is 31.2 Å². The Morgan fingerprint density at radius 3 is 2.57 bits per heavy atom. The van der Waals surface area contributed by atoms with Crippen LogP contribution in [0.3, 0.4) is 0 Å². The van der Waals surface area contributed by atoms with Crippen LogP contribution in [0.25, 0.3) is 0 Å². The molecule has 1 atom stereocenters. The molecule has 3 rings (SSSR count). The number of rotatable bonds is 5. The lowest BCUT2D eigenvalue weighted by molar-refractivity contribution is -0.122. The summed E-state index contributed by atoms with van der Waals surface area (Å²) in [5.41, 5.74) is 0.836. The van der Waals surface area contributed by atoms with E-state index < -0.39 is 28.0 Å². The lowest BCUT2D eigenvalue weighted by Gasteiger charge is -2.34. The summed E-state index contributed by atoms with van der Waals surface area (Å²) in [5, 5.41) is 2.63. The Morgan fingerprint density at radius 2 is 1.86 bits per heavy atom. The predicted octanol–water partition coefficient (Wildman–Crippen LogP) is 2.03. The Morgan fingerprint density at radius 1 is 1.18 bits per heavy atom. The standard InChI is InChI=1S/C19H20N2O6S/c1-3-28(24,25)21-12-17(27-16-11-7-6-10-15(16)21)18(22)20-14-9-5-4-8-13(14)19(23)26-2/h4-11,17H,3,12H2,1-2H3,(H,20,22)/t17-/m0/s1. The number of benzene rings is 2. The van der Waals surface area contributed by atoms with Gasteiger partial charge < -0.3 is 14.8 Å². The van der Waals surface area contributed by atoms with Crippen molar-refractivity contribution >= 4 is 33.3 Å². The lowest BCUT2D eigenvalue weighted by atomic mass is 10.1. The SMILES string of the molecule is CCS(=O)(=O)N1C[C@@H](C(=O)Nc2ccccc2C(=O)OC)Oc2ccccc21. The Kier molecular flexibility index (Phi) is 5.55. The lowest BCUT2D eigenvalue weighted by Crippen LogP contribution is -2.49. The summed E-state index contributed by atoms with van der Waals surface area (Å²) in [7, 11) is -2.35. The normalized spacial score (nSPS) is 15.9. The number of nitrogens with one attached hydrogen (secondary N) is 1. The molecule has 0 bridgehead atoms. The minimum absolute atomic E-state index is 0.110. The van der Waals surface area contributed by atoms with Gasteiger partial charge in [-0.1, -0.05) is 24.3 Å². The van der Waals surface area contributed by atoms with E-state index >= 15 is 0 Å². The van der Waals surface area contributed by atoms with Crippen LogP contribution in [0.5, 0.6) is 5.75 Å². The maximum atomic E-state index is 12.8. The van der Waals surface area contributed by atoms with Crippen molar-refractivity contribution in [2.24, 2.45) is 0 Å². The molecule has 2 aromatic rings. The Bertz CT molecular complexity index is 1000. The number of carbonyl (C=O) groups is 2. The second-order valence-corrected chi connectivity index (χ2v) is 8.21. The molecule has 1 amide bonds. The van der Waals surface area contributed by atoms with Crippen LogP contribution in [0.4, 0.5) is 11.4 Å². The maximum Gasteiger partial charge on any atom is 0.339 e. The summed E-state index contributed by atoms with van der Waals surface area (Å²) >= 11 is 0. The van der Waals surface area contributed by atoms with Crippen LogP contribution in [-0.4, -0.2) is 45.8 Å². The van der Waals surface area contributed by atoms with Gasteiger partial charge in [0.05, 0.1) is 36.3 Å². The number of fused-ring (bicyclic) bond motifs is 1. The highest BCUT2D eigenvalue weighted by Gasteiger charge is 2.36. The minimum Gasteiger partial charge on any atom is -0.476 e. The zero-order valence-corrected chi connectivity index (χ0v) is 16.2. The van der Waals surface area contributed by atoms with E-state index in [0.717, 1.165) is 0 Å². The van der Waals surface area contributed by atoms with E-state index in [0.29, 0.717) is 11.4 Å². The first-order valence-corrected chi connectivity index (χ1v) is 10.2. The molecule has 0 spiro atoms. The summed E-state index contributed by atoms with van der Waals surface area (Å²) in [5.74, 6) is -0.976. The number of sulfonamides is 1. The van der Waals surface area contributed by atoms with Crippen molar-refractivity contribution in [1.29, 1.82) is 0 Å².